The molecule has 3 aromatic rings. The van der Waals surface area contributed by atoms with Gasteiger partial charge in [0.15, 0.2) is 5.65 Å². The number of fused-ring (bicyclic) bond motifs is 1. The van der Waals surface area contributed by atoms with Gasteiger partial charge in [-0.15, -0.1) is 0 Å². The molecule has 0 aliphatic carbocycles. The molecule has 1 aliphatic rings. The van der Waals surface area contributed by atoms with Crippen LogP contribution in [-0.2, 0) is 6.54 Å². The standard InChI is InChI=1S/C15H18N8O/c24-9-8-23-14-12(10-20-23)13(18-11-19-14)21-4-6-22(7-5-21)15-16-2-1-3-17-15/h1-3,10-11,24H,4-9H2. The lowest BCUT2D eigenvalue weighted by Crippen LogP contribution is -2.47. The van der Waals surface area contributed by atoms with Crippen molar-refractivity contribution in [2.75, 3.05) is 42.6 Å². The first-order valence-electron chi connectivity index (χ1n) is 7.91. The Hall–Kier alpha value is -2.81. The molecule has 124 valence electrons. The second-order valence-electron chi connectivity index (χ2n) is 5.55. The first kappa shape index (κ1) is 14.8. The second kappa shape index (κ2) is 6.36. The molecule has 9 heteroatoms. The van der Waals surface area contributed by atoms with E-state index in [2.05, 4.69) is 34.8 Å². The highest BCUT2D eigenvalue weighted by atomic mass is 16.3. The van der Waals surface area contributed by atoms with Crippen LogP contribution in [0.15, 0.2) is 31.0 Å². The molecule has 0 saturated carbocycles. The highest BCUT2D eigenvalue weighted by molar-refractivity contribution is 5.86. The Kier molecular flexibility index (Phi) is 3.91. The normalized spacial score (nSPS) is 15.2. The number of hydrogen-bond acceptors (Lipinski definition) is 8. The summed E-state index contributed by atoms with van der Waals surface area (Å²) in [4.78, 5) is 21.8. The lowest BCUT2D eigenvalue weighted by atomic mass is 10.3. The molecule has 0 bridgehead atoms. The van der Waals surface area contributed by atoms with Crippen LogP contribution in [-0.4, -0.2) is 67.6 Å². The fourth-order valence-corrected chi connectivity index (χ4v) is 2.96. The molecule has 3 aromatic heterocycles. The fourth-order valence-electron chi connectivity index (χ4n) is 2.96. The van der Waals surface area contributed by atoms with Crippen molar-refractivity contribution in [3.63, 3.8) is 0 Å². The first-order chi connectivity index (χ1) is 11.9. The van der Waals surface area contributed by atoms with E-state index in [1.807, 2.05) is 6.07 Å². The number of aliphatic hydroxyl groups excluding tert-OH is 1. The largest absolute Gasteiger partial charge is 0.394 e. The average molecular weight is 326 g/mol. The highest BCUT2D eigenvalue weighted by Crippen LogP contribution is 2.24. The molecule has 1 saturated heterocycles. The van der Waals surface area contributed by atoms with E-state index >= 15 is 0 Å². The molecule has 0 atom stereocenters. The van der Waals surface area contributed by atoms with Crippen molar-refractivity contribution in [2.45, 2.75) is 6.54 Å². The van der Waals surface area contributed by atoms with E-state index in [-0.39, 0.29) is 6.61 Å². The minimum Gasteiger partial charge on any atom is -0.394 e. The highest BCUT2D eigenvalue weighted by Gasteiger charge is 2.22. The van der Waals surface area contributed by atoms with Gasteiger partial charge in [0.25, 0.3) is 0 Å². The van der Waals surface area contributed by atoms with Crippen molar-refractivity contribution in [2.24, 2.45) is 0 Å². The summed E-state index contributed by atoms with van der Waals surface area (Å²) in [6.07, 6.45) is 6.85. The minimum absolute atomic E-state index is 0.0336. The Labute approximate surface area is 138 Å². The topological polar surface area (TPSA) is 96.1 Å². The fraction of sp³-hybridized carbons (Fsp3) is 0.400. The Morgan fingerprint density at radius 2 is 1.71 bits per heavy atom. The van der Waals surface area contributed by atoms with E-state index in [1.54, 1.807) is 29.6 Å². The van der Waals surface area contributed by atoms with Crippen molar-refractivity contribution in [1.29, 1.82) is 0 Å². The van der Waals surface area contributed by atoms with Crippen LogP contribution in [0, 0.1) is 0 Å². The lowest BCUT2D eigenvalue weighted by Gasteiger charge is -2.35. The second-order valence-corrected chi connectivity index (χ2v) is 5.55. The van der Waals surface area contributed by atoms with Gasteiger partial charge >= 0.3 is 0 Å². The van der Waals surface area contributed by atoms with Crippen LogP contribution in [0.3, 0.4) is 0 Å². The molecule has 24 heavy (non-hydrogen) atoms. The van der Waals surface area contributed by atoms with Crippen molar-refractivity contribution in [3.8, 4) is 0 Å². The van der Waals surface area contributed by atoms with E-state index in [0.29, 0.717) is 6.54 Å². The summed E-state index contributed by atoms with van der Waals surface area (Å²) in [6.45, 7) is 3.79. The predicted octanol–water partition coefficient (Wildman–Crippen LogP) is -0.0648. The Morgan fingerprint density at radius 1 is 0.958 bits per heavy atom. The molecule has 0 amide bonds. The minimum atomic E-state index is 0.0336. The Bertz CT molecular complexity index is 813. The van der Waals surface area contributed by atoms with Gasteiger partial charge in [-0.05, 0) is 6.07 Å². The van der Waals surface area contributed by atoms with Gasteiger partial charge in [-0.2, -0.15) is 5.10 Å². The number of hydrogen-bond donors (Lipinski definition) is 1. The van der Waals surface area contributed by atoms with Crippen LogP contribution >= 0.6 is 0 Å². The van der Waals surface area contributed by atoms with Crippen LogP contribution in [0.1, 0.15) is 0 Å². The first-order valence-corrected chi connectivity index (χ1v) is 7.91. The number of nitrogens with zero attached hydrogens (tertiary/aromatic N) is 8. The van der Waals surface area contributed by atoms with Gasteiger partial charge < -0.3 is 14.9 Å². The molecular weight excluding hydrogens is 308 g/mol. The molecule has 1 aliphatic heterocycles. The van der Waals surface area contributed by atoms with Crippen molar-refractivity contribution in [3.05, 3.63) is 31.0 Å². The van der Waals surface area contributed by atoms with Gasteiger partial charge in [-0.3, -0.25) is 0 Å². The maximum Gasteiger partial charge on any atom is 0.225 e. The molecule has 4 heterocycles. The number of aromatic nitrogens is 6. The summed E-state index contributed by atoms with van der Waals surface area (Å²) in [7, 11) is 0. The molecule has 0 radical (unpaired) electrons. The molecule has 0 unspecified atom stereocenters. The van der Waals surface area contributed by atoms with Gasteiger partial charge in [0.1, 0.15) is 12.1 Å². The molecule has 1 N–H and O–H groups in total. The third-order valence-corrected chi connectivity index (χ3v) is 4.14. The SMILES string of the molecule is OCCn1ncc2c(N3CCN(c4ncccn4)CC3)ncnc21. The zero-order chi connectivity index (χ0) is 16.4. The van der Waals surface area contributed by atoms with E-state index in [1.165, 1.54) is 0 Å². The van der Waals surface area contributed by atoms with Gasteiger partial charge in [0.05, 0.1) is 24.7 Å². The Balaban J connectivity index is 1.54. The van der Waals surface area contributed by atoms with Crippen LogP contribution in [0.4, 0.5) is 11.8 Å². The van der Waals surface area contributed by atoms with Crippen LogP contribution in [0.2, 0.25) is 0 Å². The van der Waals surface area contributed by atoms with E-state index < -0.39 is 0 Å². The van der Waals surface area contributed by atoms with E-state index in [9.17, 15) is 0 Å². The zero-order valence-corrected chi connectivity index (χ0v) is 13.2. The molecule has 9 nitrogen and oxygen atoms in total. The monoisotopic (exact) mass is 326 g/mol. The summed E-state index contributed by atoms with van der Waals surface area (Å²) in [5.74, 6) is 1.65. The molecule has 4 rings (SSSR count). The van der Waals surface area contributed by atoms with Crippen LogP contribution in [0.25, 0.3) is 11.0 Å². The van der Waals surface area contributed by atoms with Gasteiger partial charge in [-0.1, -0.05) is 0 Å². The number of anilines is 2. The van der Waals surface area contributed by atoms with Gasteiger partial charge in [0, 0.05) is 38.6 Å². The molecule has 0 spiro atoms. The smallest absolute Gasteiger partial charge is 0.225 e. The van der Waals surface area contributed by atoms with Crippen molar-refractivity contribution >= 4 is 22.8 Å². The maximum absolute atomic E-state index is 9.12. The van der Waals surface area contributed by atoms with E-state index in [4.69, 9.17) is 5.11 Å². The number of piperazine rings is 1. The average Bonchev–Trinajstić information content (AvgIpc) is 3.06. The summed E-state index contributed by atoms with van der Waals surface area (Å²) < 4.78 is 1.70. The van der Waals surface area contributed by atoms with Crippen LogP contribution < -0.4 is 9.80 Å². The maximum atomic E-state index is 9.12. The summed E-state index contributed by atoms with van der Waals surface area (Å²) >= 11 is 0. The van der Waals surface area contributed by atoms with Crippen LogP contribution in [0.5, 0.6) is 0 Å². The molecular formula is C15H18N8O. The third kappa shape index (κ3) is 2.62. The predicted molar refractivity (Wildman–Crippen MR) is 88.9 cm³/mol. The van der Waals surface area contributed by atoms with Gasteiger partial charge in [-0.25, -0.2) is 24.6 Å². The van der Waals surface area contributed by atoms with Crippen molar-refractivity contribution < 1.29 is 5.11 Å². The van der Waals surface area contributed by atoms with Gasteiger partial charge in [0.2, 0.25) is 5.95 Å². The molecule has 1 fully saturated rings. The summed E-state index contributed by atoms with van der Waals surface area (Å²) in [5, 5.41) is 14.3. The Morgan fingerprint density at radius 3 is 2.46 bits per heavy atom. The quantitative estimate of drug-likeness (QED) is 0.712. The third-order valence-electron chi connectivity index (χ3n) is 4.14. The zero-order valence-electron chi connectivity index (χ0n) is 13.2. The molecule has 0 aromatic carbocycles. The number of aliphatic hydroxyl groups is 1. The lowest BCUT2D eigenvalue weighted by molar-refractivity contribution is 0.271. The van der Waals surface area contributed by atoms with E-state index in [0.717, 1.165) is 49.0 Å². The number of rotatable bonds is 4. The summed E-state index contributed by atoms with van der Waals surface area (Å²) in [5.41, 5.74) is 0.753. The summed E-state index contributed by atoms with van der Waals surface area (Å²) in [6, 6.07) is 1.82. The van der Waals surface area contributed by atoms with Crippen molar-refractivity contribution in [1.82, 2.24) is 29.7 Å².